The minimum atomic E-state index is -0.602. The molecule has 0 fully saturated rings. The van der Waals surface area contributed by atoms with E-state index in [1.54, 1.807) is 0 Å². The van der Waals surface area contributed by atoms with Gasteiger partial charge in [-0.25, -0.2) is 9.59 Å². The zero-order valence-electron chi connectivity index (χ0n) is 23.9. The number of aromatic nitrogens is 1. The van der Waals surface area contributed by atoms with Crippen LogP contribution < -0.4 is 10.6 Å². The zero-order valence-corrected chi connectivity index (χ0v) is 25.5. The van der Waals surface area contributed by atoms with E-state index in [4.69, 9.17) is 4.74 Å². The summed E-state index contributed by atoms with van der Waals surface area (Å²) in [7, 11) is 0. The Labute approximate surface area is 239 Å². The SMILES string of the molecule is CC(C)(C)OC(=O)c1c(NC(=O)NCc2c(-n3cccc3)sc3c2CCN(C(C)(C)C)C3)sc2c1CCCC2. The number of thiophene rings is 2. The highest BCUT2D eigenvalue weighted by atomic mass is 32.1. The molecule has 0 bridgehead atoms. The molecule has 1 aliphatic carbocycles. The molecule has 2 N–H and O–H groups in total. The lowest BCUT2D eigenvalue weighted by molar-refractivity contribution is 0.00699. The minimum absolute atomic E-state index is 0.110. The van der Waals surface area contributed by atoms with E-state index in [9.17, 15) is 9.59 Å². The first-order chi connectivity index (χ1) is 18.4. The number of fused-ring (bicyclic) bond motifs is 2. The number of carbonyl (C=O) groups excluding carboxylic acids is 2. The molecule has 5 rings (SSSR count). The monoisotopic (exact) mass is 568 g/mol. The number of hydrogen-bond donors (Lipinski definition) is 2. The Hall–Kier alpha value is -2.62. The number of aryl methyl sites for hydroxylation is 1. The van der Waals surface area contributed by atoms with Gasteiger partial charge in [0.15, 0.2) is 0 Å². The Morgan fingerprint density at radius 3 is 2.36 bits per heavy atom. The van der Waals surface area contributed by atoms with E-state index in [0.717, 1.165) is 55.8 Å². The molecular formula is C30H40N4O3S2. The van der Waals surface area contributed by atoms with E-state index >= 15 is 0 Å². The van der Waals surface area contributed by atoms with Crippen LogP contribution in [-0.4, -0.2) is 39.2 Å². The molecule has 7 nitrogen and oxygen atoms in total. The Balaban J connectivity index is 1.37. The van der Waals surface area contributed by atoms with Gasteiger partial charge < -0.3 is 14.6 Å². The van der Waals surface area contributed by atoms with Crippen LogP contribution in [0.5, 0.6) is 0 Å². The van der Waals surface area contributed by atoms with Gasteiger partial charge in [0.05, 0.1) is 5.56 Å². The molecule has 210 valence electrons. The van der Waals surface area contributed by atoms with Gasteiger partial charge >= 0.3 is 12.0 Å². The molecule has 4 heterocycles. The second kappa shape index (κ2) is 10.7. The molecule has 0 aromatic carbocycles. The molecule has 2 amide bonds. The largest absolute Gasteiger partial charge is 0.456 e. The number of anilines is 1. The number of nitrogens with one attached hydrogen (secondary N) is 2. The number of hydrogen-bond acceptors (Lipinski definition) is 6. The summed E-state index contributed by atoms with van der Waals surface area (Å²) in [5.74, 6) is -0.359. The summed E-state index contributed by atoms with van der Waals surface area (Å²) in [4.78, 5) is 31.5. The van der Waals surface area contributed by atoms with Gasteiger partial charge in [-0.05, 0) is 96.9 Å². The van der Waals surface area contributed by atoms with Gasteiger partial charge in [0.25, 0.3) is 0 Å². The van der Waals surface area contributed by atoms with Gasteiger partial charge in [0.2, 0.25) is 0 Å². The number of nitrogens with zero attached hydrogens (tertiary/aromatic N) is 2. The standard InChI is InChI=1S/C30H40N4O3S2/c1-29(2,3)34-16-13-19-21(26(39-23(19)18-34)33-14-9-10-15-33)17-31-28(36)32-25-24(27(35)37-30(4,5)6)20-11-7-8-12-22(20)38-25/h9-10,14-15H,7-8,11-13,16-18H2,1-6H3,(H2,31,32,36). The van der Waals surface area contributed by atoms with E-state index < -0.39 is 5.60 Å². The summed E-state index contributed by atoms with van der Waals surface area (Å²) < 4.78 is 7.88. The van der Waals surface area contributed by atoms with Crippen molar-refractivity contribution in [1.29, 1.82) is 0 Å². The number of amides is 2. The second-order valence-corrected chi connectivity index (χ2v) is 14.6. The third-order valence-corrected chi connectivity index (χ3v) is 9.84. The summed E-state index contributed by atoms with van der Waals surface area (Å²) in [5.41, 5.74) is 3.61. The van der Waals surface area contributed by atoms with Crippen LogP contribution in [0.3, 0.4) is 0 Å². The van der Waals surface area contributed by atoms with Crippen molar-refractivity contribution in [2.45, 2.75) is 97.9 Å². The van der Waals surface area contributed by atoms with Crippen molar-refractivity contribution in [2.24, 2.45) is 0 Å². The number of esters is 1. The average Bonchev–Trinajstić information content (AvgIpc) is 3.57. The molecular weight excluding hydrogens is 528 g/mol. The molecule has 2 aliphatic rings. The Morgan fingerprint density at radius 2 is 1.67 bits per heavy atom. The van der Waals surface area contributed by atoms with Crippen molar-refractivity contribution in [1.82, 2.24) is 14.8 Å². The number of urea groups is 1. The van der Waals surface area contributed by atoms with Crippen LogP contribution in [0.15, 0.2) is 24.5 Å². The quantitative estimate of drug-likeness (QED) is 0.328. The van der Waals surface area contributed by atoms with E-state index in [0.29, 0.717) is 17.1 Å². The molecule has 0 saturated heterocycles. The molecule has 9 heteroatoms. The van der Waals surface area contributed by atoms with Crippen LogP contribution in [0.1, 0.15) is 91.2 Å². The first-order valence-electron chi connectivity index (χ1n) is 13.9. The van der Waals surface area contributed by atoms with Crippen molar-refractivity contribution in [3.05, 3.63) is 56.5 Å². The van der Waals surface area contributed by atoms with Gasteiger partial charge in [-0.2, -0.15) is 0 Å². The van der Waals surface area contributed by atoms with Crippen molar-refractivity contribution in [3.8, 4) is 5.00 Å². The average molecular weight is 569 g/mol. The minimum Gasteiger partial charge on any atom is -0.456 e. The molecule has 3 aromatic rings. The van der Waals surface area contributed by atoms with Gasteiger partial charge in [-0.15, -0.1) is 22.7 Å². The molecule has 0 unspecified atom stereocenters. The van der Waals surface area contributed by atoms with E-state index in [-0.39, 0.29) is 17.5 Å². The van der Waals surface area contributed by atoms with E-state index in [1.165, 1.54) is 32.2 Å². The summed E-state index contributed by atoms with van der Waals surface area (Å²) in [6.07, 6.45) is 9.01. The normalized spacial score (nSPS) is 15.9. The summed E-state index contributed by atoms with van der Waals surface area (Å²) in [6, 6.07) is 3.76. The molecule has 0 saturated carbocycles. The third-order valence-electron chi connectivity index (χ3n) is 7.36. The lowest BCUT2D eigenvalue weighted by Crippen LogP contribution is -2.44. The molecule has 1 aliphatic heterocycles. The van der Waals surface area contributed by atoms with Crippen LogP contribution in [0, 0.1) is 0 Å². The fourth-order valence-electron chi connectivity index (χ4n) is 5.40. The maximum Gasteiger partial charge on any atom is 0.341 e. The maximum absolute atomic E-state index is 13.3. The fourth-order valence-corrected chi connectivity index (χ4v) is 8.02. The van der Waals surface area contributed by atoms with Gasteiger partial charge in [-0.1, -0.05) is 0 Å². The number of carbonyl (C=O) groups is 2. The van der Waals surface area contributed by atoms with Crippen LogP contribution in [0.25, 0.3) is 5.00 Å². The summed E-state index contributed by atoms with van der Waals surface area (Å²) >= 11 is 3.33. The lowest BCUT2D eigenvalue weighted by atomic mass is 9.95. The smallest absolute Gasteiger partial charge is 0.341 e. The third kappa shape index (κ3) is 6.10. The van der Waals surface area contributed by atoms with Crippen molar-refractivity contribution in [3.63, 3.8) is 0 Å². The second-order valence-electron chi connectivity index (χ2n) is 12.4. The van der Waals surface area contributed by atoms with Crippen molar-refractivity contribution in [2.75, 3.05) is 11.9 Å². The zero-order chi connectivity index (χ0) is 27.9. The molecule has 3 aromatic heterocycles. The predicted octanol–water partition coefficient (Wildman–Crippen LogP) is 6.91. The number of ether oxygens (including phenoxy) is 1. The first kappa shape index (κ1) is 27.9. The highest BCUT2D eigenvalue weighted by Crippen LogP contribution is 2.40. The molecule has 0 radical (unpaired) electrons. The lowest BCUT2D eigenvalue weighted by Gasteiger charge is -2.38. The fraction of sp³-hybridized carbons (Fsp3) is 0.533. The van der Waals surface area contributed by atoms with E-state index in [1.807, 2.05) is 44.2 Å². The Kier molecular flexibility index (Phi) is 7.70. The summed E-state index contributed by atoms with van der Waals surface area (Å²) in [6.45, 7) is 14.7. The van der Waals surface area contributed by atoms with Crippen LogP contribution in [-0.2, 0) is 37.1 Å². The van der Waals surface area contributed by atoms with Crippen LogP contribution in [0.2, 0.25) is 0 Å². The van der Waals surface area contributed by atoms with Crippen molar-refractivity contribution < 1.29 is 14.3 Å². The maximum atomic E-state index is 13.3. The summed E-state index contributed by atoms with van der Waals surface area (Å²) in [5, 5.41) is 7.87. The molecule has 39 heavy (non-hydrogen) atoms. The van der Waals surface area contributed by atoms with Gasteiger partial charge in [0.1, 0.15) is 15.6 Å². The predicted molar refractivity (Wildman–Crippen MR) is 160 cm³/mol. The number of rotatable bonds is 5. The van der Waals surface area contributed by atoms with E-state index in [2.05, 4.69) is 53.3 Å². The topological polar surface area (TPSA) is 75.6 Å². The first-order valence-corrected chi connectivity index (χ1v) is 15.5. The highest BCUT2D eigenvalue weighted by molar-refractivity contribution is 7.17. The molecule has 0 atom stereocenters. The van der Waals surface area contributed by atoms with Crippen LogP contribution in [0.4, 0.5) is 9.80 Å². The van der Waals surface area contributed by atoms with Gasteiger partial charge in [-0.3, -0.25) is 10.2 Å². The highest BCUT2D eigenvalue weighted by Gasteiger charge is 2.32. The van der Waals surface area contributed by atoms with Gasteiger partial charge in [0, 0.05) is 52.9 Å². The molecule has 0 spiro atoms. The Morgan fingerprint density at radius 1 is 0.949 bits per heavy atom. The van der Waals surface area contributed by atoms with Crippen LogP contribution >= 0.6 is 22.7 Å². The van der Waals surface area contributed by atoms with Crippen molar-refractivity contribution >= 4 is 39.7 Å². The Bertz CT molecular complexity index is 1360.